The van der Waals surface area contributed by atoms with Crippen LogP contribution in [0, 0.1) is 0 Å². The molecule has 2 heterocycles. The molecule has 0 aromatic carbocycles. The molecule has 0 amide bonds. The number of carbonyl (C=O) groups is 1. The zero-order valence-electron chi connectivity index (χ0n) is 10.1. The van der Waals surface area contributed by atoms with Gasteiger partial charge in [-0.1, -0.05) is 0 Å². The number of aromatic nitrogens is 3. The predicted octanol–water partition coefficient (Wildman–Crippen LogP) is 2.42. The molecule has 0 N–H and O–H groups in total. The average molecular weight is 310 g/mol. The highest BCUT2D eigenvalue weighted by Crippen LogP contribution is 2.24. The van der Waals surface area contributed by atoms with E-state index in [4.69, 9.17) is 4.74 Å². The molecule has 0 aliphatic rings. The summed E-state index contributed by atoms with van der Waals surface area (Å²) in [5.41, 5.74) is 0.974. The average Bonchev–Trinajstić information content (AvgIpc) is 2.72. The third-order valence-electron chi connectivity index (χ3n) is 2.33. The van der Waals surface area contributed by atoms with Gasteiger partial charge in [-0.05, 0) is 35.0 Å². The summed E-state index contributed by atoms with van der Waals surface area (Å²) in [5, 5.41) is 0. The Bertz CT molecular complexity index is 580. The number of nitrogens with zero attached hydrogens (tertiary/aromatic N) is 3. The van der Waals surface area contributed by atoms with Crippen LogP contribution in [0.3, 0.4) is 0 Å². The summed E-state index contributed by atoms with van der Waals surface area (Å²) in [5.74, 6) is 0.192. The Labute approximate surface area is 113 Å². The lowest BCUT2D eigenvalue weighted by atomic mass is 10.3. The van der Waals surface area contributed by atoms with Gasteiger partial charge < -0.3 is 9.30 Å². The van der Waals surface area contributed by atoms with Crippen LogP contribution < -0.4 is 0 Å². The molecule has 2 aromatic rings. The molecule has 0 bridgehead atoms. The largest absolute Gasteiger partial charge is 0.461 e. The van der Waals surface area contributed by atoms with Crippen molar-refractivity contribution < 1.29 is 9.53 Å². The fourth-order valence-electron chi connectivity index (χ4n) is 1.54. The third kappa shape index (κ3) is 2.43. The Morgan fingerprint density at radius 3 is 3.00 bits per heavy atom. The zero-order valence-corrected chi connectivity index (χ0v) is 11.6. The Balaban J connectivity index is 2.42. The van der Waals surface area contributed by atoms with Crippen molar-refractivity contribution in [2.75, 3.05) is 6.61 Å². The Kier molecular flexibility index (Phi) is 3.76. The van der Waals surface area contributed by atoms with Crippen molar-refractivity contribution in [1.29, 1.82) is 0 Å². The molecule has 5 nitrogen and oxygen atoms in total. The topological polar surface area (TPSA) is 57.0 Å². The van der Waals surface area contributed by atoms with Crippen LogP contribution in [0.2, 0.25) is 0 Å². The molecule has 0 atom stereocenters. The van der Waals surface area contributed by atoms with Gasteiger partial charge in [0.2, 0.25) is 0 Å². The number of aryl methyl sites for hydroxylation is 1. The molecule has 2 rings (SSSR count). The highest BCUT2D eigenvalue weighted by atomic mass is 79.9. The second-order valence-electron chi connectivity index (χ2n) is 3.61. The molecule has 0 aliphatic carbocycles. The maximum absolute atomic E-state index is 11.6. The van der Waals surface area contributed by atoms with E-state index in [1.54, 1.807) is 23.9 Å². The van der Waals surface area contributed by atoms with E-state index in [-0.39, 0.29) is 5.69 Å². The van der Waals surface area contributed by atoms with E-state index in [0.29, 0.717) is 18.1 Å². The first-order valence-electron chi connectivity index (χ1n) is 5.45. The molecule has 0 saturated heterocycles. The molecule has 0 aliphatic heterocycles. The summed E-state index contributed by atoms with van der Waals surface area (Å²) in [4.78, 5) is 20.1. The molecule has 0 spiro atoms. The molecule has 0 radical (unpaired) electrons. The van der Waals surface area contributed by atoms with Gasteiger partial charge in [0.05, 0.1) is 6.61 Å². The number of hydrogen-bond donors (Lipinski definition) is 0. The van der Waals surface area contributed by atoms with E-state index in [0.717, 1.165) is 4.47 Å². The minimum absolute atomic E-state index is 0.284. The number of imidazole rings is 1. The Morgan fingerprint density at radius 1 is 1.56 bits per heavy atom. The monoisotopic (exact) mass is 309 g/mol. The van der Waals surface area contributed by atoms with Crippen molar-refractivity contribution in [1.82, 2.24) is 14.5 Å². The highest BCUT2D eigenvalue weighted by Gasteiger charge is 2.16. The van der Waals surface area contributed by atoms with Crippen LogP contribution in [-0.4, -0.2) is 27.1 Å². The fourth-order valence-corrected chi connectivity index (χ4v) is 1.97. The quantitative estimate of drug-likeness (QED) is 0.817. The lowest BCUT2D eigenvalue weighted by molar-refractivity contribution is 0.0520. The highest BCUT2D eigenvalue weighted by molar-refractivity contribution is 9.10. The lowest BCUT2D eigenvalue weighted by Crippen LogP contribution is -2.04. The Hall–Kier alpha value is -1.69. The second-order valence-corrected chi connectivity index (χ2v) is 4.47. The summed E-state index contributed by atoms with van der Waals surface area (Å²) in [6.07, 6.45) is 3.31. The van der Waals surface area contributed by atoms with E-state index < -0.39 is 5.97 Å². The molecule has 0 fully saturated rings. The van der Waals surface area contributed by atoms with Gasteiger partial charge in [-0.3, -0.25) is 4.98 Å². The third-order valence-corrected chi connectivity index (χ3v) is 2.97. The van der Waals surface area contributed by atoms with Crippen LogP contribution in [0.5, 0.6) is 0 Å². The number of pyridine rings is 1. The number of esters is 1. The molecule has 94 valence electrons. The van der Waals surface area contributed by atoms with E-state index in [2.05, 4.69) is 25.9 Å². The molecular weight excluding hydrogens is 298 g/mol. The second kappa shape index (κ2) is 5.30. The van der Waals surface area contributed by atoms with Crippen molar-refractivity contribution in [3.63, 3.8) is 0 Å². The molecule has 2 aromatic heterocycles. The number of ether oxygens (including phenoxy) is 1. The number of hydrogen-bond acceptors (Lipinski definition) is 4. The van der Waals surface area contributed by atoms with Gasteiger partial charge in [-0.2, -0.15) is 0 Å². The minimum Gasteiger partial charge on any atom is -0.461 e. The van der Waals surface area contributed by atoms with Gasteiger partial charge in [0.1, 0.15) is 5.69 Å². The molecule has 6 heteroatoms. The van der Waals surface area contributed by atoms with E-state index >= 15 is 0 Å². The molecular formula is C12H12BrN3O2. The molecule has 18 heavy (non-hydrogen) atoms. The van der Waals surface area contributed by atoms with E-state index in [9.17, 15) is 4.79 Å². The maximum Gasteiger partial charge on any atom is 0.358 e. The van der Waals surface area contributed by atoms with Crippen LogP contribution in [0.4, 0.5) is 0 Å². The summed E-state index contributed by atoms with van der Waals surface area (Å²) in [6.45, 7) is 2.09. The summed E-state index contributed by atoms with van der Waals surface area (Å²) in [6, 6.07) is 3.70. The van der Waals surface area contributed by atoms with Gasteiger partial charge >= 0.3 is 5.97 Å². The van der Waals surface area contributed by atoms with E-state index in [1.807, 2.05) is 19.2 Å². The van der Waals surface area contributed by atoms with Gasteiger partial charge in [-0.15, -0.1) is 0 Å². The lowest BCUT2D eigenvalue weighted by Gasteiger charge is -2.01. The van der Waals surface area contributed by atoms with Crippen molar-refractivity contribution in [3.8, 4) is 11.5 Å². The number of carbonyl (C=O) groups excluding carboxylic acids is 1. The van der Waals surface area contributed by atoms with E-state index in [1.165, 1.54) is 0 Å². The van der Waals surface area contributed by atoms with Crippen LogP contribution in [0.1, 0.15) is 17.4 Å². The molecule has 0 unspecified atom stereocenters. The van der Waals surface area contributed by atoms with Crippen LogP contribution >= 0.6 is 15.9 Å². The van der Waals surface area contributed by atoms with Crippen molar-refractivity contribution in [2.24, 2.45) is 7.05 Å². The summed E-state index contributed by atoms with van der Waals surface area (Å²) in [7, 11) is 1.81. The minimum atomic E-state index is -0.425. The molecule has 0 saturated carbocycles. The van der Waals surface area contributed by atoms with Gasteiger partial charge in [0, 0.05) is 23.9 Å². The first-order chi connectivity index (χ1) is 8.63. The predicted molar refractivity (Wildman–Crippen MR) is 70.1 cm³/mol. The van der Waals surface area contributed by atoms with Crippen LogP contribution in [-0.2, 0) is 11.8 Å². The van der Waals surface area contributed by atoms with Gasteiger partial charge in [0.15, 0.2) is 11.5 Å². The Morgan fingerprint density at radius 2 is 2.33 bits per heavy atom. The zero-order chi connectivity index (χ0) is 13.1. The first kappa shape index (κ1) is 12.8. The fraction of sp³-hybridized carbons (Fsp3) is 0.250. The number of rotatable bonds is 3. The standard InChI is InChI=1S/C12H12BrN3O2/c1-3-18-12(17)9-7-16(2)11(15-9)10-8(13)5-4-6-14-10/h4-7H,3H2,1-2H3. The number of halogens is 1. The smallest absolute Gasteiger partial charge is 0.358 e. The SMILES string of the molecule is CCOC(=O)c1cn(C)c(-c2ncccc2Br)n1. The summed E-state index contributed by atoms with van der Waals surface area (Å²) >= 11 is 3.41. The first-order valence-corrected chi connectivity index (χ1v) is 6.24. The normalized spacial score (nSPS) is 10.4. The maximum atomic E-state index is 11.6. The van der Waals surface area contributed by atoms with Crippen LogP contribution in [0.25, 0.3) is 11.5 Å². The van der Waals surface area contributed by atoms with Gasteiger partial charge in [0.25, 0.3) is 0 Å². The van der Waals surface area contributed by atoms with Gasteiger partial charge in [-0.25, -0.2) is 9.78 Å². The van der Waals surface area contributed by atoms with Crippen molar-refractivity contribution >= 4 is 21.9 Å². The van der Waals surface area contributed by atoms with Crippen LogP contribution in [0.15, 0.2) is 29.0 Å². The summed E-state index contributed by atoms with van der Waals surface area (Å²) < 4.78 is 7.49. The van der Waals surface area contributed by atoms with Crippen molar-refractivity contribution in [2.45, 2.75) is 6.92 Å². The van der Waals surface area contributed by atoms with Crippen molar-refractivity contribution in [3.05, 3.63) is 34.7 Å².